The molecule has 1 aromatic carbocycles. The topological polar surface area (TPSA) is 0 Å². The summed E-state index contributed by atoms with van der Waals surface area (Å²) in [6, 6.07) is 3.75. The average Bonchev–Trinajstić information content (AvgIpc) is 1.83. The lowest BCUT2D eigenvalue weighted by Crippen LogP contribution is -1.82. The smallest absolute Gasteiger partial charge is 0.176 e. The van der Waals surface area contributed by atoms with E-state index in [0.29, 0.717) is 0 Å². The van der Waals surface area contributed by atoms with Gasteiger partial charge in [-0.3, -0.25) is 18.8 Å². The SMILES string of the molecule is Cl.F.F.F.F.Fc1cccc([S])c1F. The molecule has 0 N–H and O–H groups in total. The second-order valence-corrected chi connectivity index (χ2v) is 1.99. The number of hydrogen-bond acceptors (Lipinski definition) is 0. The van der Waals surface area contributed by atoms with Gasteiger partial charge in [-0.1, -0.05) is 18.7 Å². The number of halogens is 7. The Bertz CT molecular complexity index is 213. The van der Waals surface area contributed by atoms with Crippen molar-refractivity contribution in [1.82, 2.24) is 0 Å². The van der Waals surface area contributed by atoms with Crippen LogP contribution in [-0.4, -0.2) is 0 Å². The maximum absolute atomic E-state index is 12.3. The van der Waals surface area contributed by atoms with Gasteiger partial charge in [-0.05, 0) is 12.1 Å². The van der Waals surface area contributed by atoms with E-state index in [1.165, 1.54) is 12.1 Å². The highest BCUT2D eigenvalue weighted by molar-refractivity contribution is 7.80. The Hall–Kier alpha value is -0.690. The molecule has 0 nitrogen and oxygen atoms in total. The second kappa shape index (κ2) is 12.3. The highest BCUT2D eigenvalue weighted by atomic mass is 35.5. The van der Waals surface area contributed by atoms with Crippen molar-refractivity contribution in [2.75, 3.05) is 0 Å². The summed E-state index contributed by atoms with van der Waals surface area (Å²) >= 11 is 4.43. The molecular weight excluding hydrogens is 254 g/mol. The molecule has 0 unspecified atom stereocenters. The van der Waals surface area contributed by atoms with Crippen LogP contribution in [-0.2, 0) is 0 Å². The molecular formula is C6H8ClF6S. The quantitative estimate of drug-likeness (QED) is 0.627. The van der Waals surface area contributed by atoms with E-state index >= 15 is 0 Å². The first-order valence-electron chi connectivity index (χ1n) is 2.33. The van der Waals surface area contributed by atoms with Gasteiger partial charge in [-0.15, -0.1) is 12.4 Å². The molecule has 0 aliphatic rings. The predicted molar refractivity (Wildman–Crippen MR) is 49.5 cm³/mol. The van der Waals surface area contributed by atoms with Crippen LogP contribution in [0.5, 0.6) is 0 Å². The minimum atomic E-state index is -0.937. The van der Waals surface area contributed by atoms with Crippen LogP contribution in [0, 0.1) is 11.6 Å². The molecule has 14 heavy (non-hydrogen) atoms. The first-order valence-corrected chi connectivity index (χ1v) is 2.73. The molecule has 0 heterocycles. The van der Waals surface area contributed by atoms with Gasteiger partial charge < -0.3 is 0 Å². The minimum absolute atomic E-state index is 0. The summed E-state index contributed by atoms with van der Waals surface area (Å²) in [5, 5.41) is 0. The van der Waals surface area contributed by atoms with Gasteiger partial charge in [0.05, 0.1) is 4.90 Å². The van der Waals surface area contributed by atoms with Crippen molar-refractivity contribution >= 4 is 25.0 Å². The van der Waals surface area contributed by atoms with Gasteiger partial charge in [0, 0.05) is 0 Å². The largest absolute Gasteiger partial charge is 0.269 e. The van der Waals surface area contributed by atoms with Crippen molar-refractivity contribution in [3.05, 3.63) is 29.8 Å². The third-order valence-corrected chi connectivity index (χ3v) is 1.23. The lowest BCUT2D eigenvalue weighted by Gasteiger charge is -1.91. The van der Waals surface area contributed by atoms with Crippen LogP contribution in [0.25, 0.3) is 0 Å². The van der Waals surface area contributed by atoms with Crippen molar-refractivity contribution in [3.63, 3.8) is 0 Å². The Balaban J connectivity index is -0.0000000540. The normalized spacial score (nSPS) is 6.14. The third kappa shape index (κ3) is 6.79. The first kappa shape index (κ1) is 29.2. The molecule has 0 saturated carbocycles. The predicted octanol–water partition coefficient (Wildman–Crippen LogP) is 3.55. The van der Waals surface area contributed by atoms with E-state index < -0.39 is 11.6 Å². The van der Waals surface area contributed by atoms with Crippen LogP contribution in [0.15, 0.2) is 23.1 Å². The minimum Gasteiger partial charge on any atom is -0.269 e. The van der Waals surface area contributed by atoms with Gasteiger partial charge in [0.2, 0.25) is 0 Å². The maximum atomic E-state index is 12.3. The van der Waals surface area contributed by atoms with E-state index in [1.807, 2.05) is 0 Å². The zero-order valence-electron chi connectivity index (χ0n) is 6.44. The van der Waals surface area contributed by atoms with Crippen LogP contribution >= 0.6 is 25.0 Å². The van der Waals surface area contributed by atoms with Crippen LogP contribution in [0.1, 0.15) is 0 Å². The molecule has 0 amide bonds. The summed E-state index contributed by atoms with van der Waals surface area (Å²) in [7, 11) is 0. The summed E-state index contributed by atoms with van der Waals surface area (Å²) in [5.74, 6) is -1.82. The Morgan fingerprint density at radius 2 is 1.36 bits per heavy atom. The van der Waals surface area contributed by atoms with E-state index in [9.17, 15) is 8.78 Å². The van der Waals surface area contributed by atoms with Crippen molar-refractivity contribution in [2.45, 2.75) is 4.90 Å². The van der Waals surface area contributed by atoms with Crippen LogP contribution in [0.4, 0.5) is 27.6 Å². The second-order valence-electron chi connectivity index (χ2n) is 1.55. The van der Waals surface area contributed by atoms with Crippen LogP contribution in [0.3, 0.4) is 0 Å². The molecule has 8 heteroatoms. The van der Waals surface area contributed by atoms with Crippen LogP contribution < -0.4 is 0 Å². The van der Waals surface area contributed by atoms with Gasteiger partial charge in [-0.2, -0.15) is 0 Å². The monoisotopic (exact) mass is 261 g/mol. The van der Waals surface area contributed by atoms with E-state index in [0.717, 1.165) is 6.07 Å². The molecule has 0 saturated heterocycles. The van der Waals surface area contributed by atoms with E-state index in [-0.39, 0.29) is 36.1 Å². The van der Waals surface area contributed by atoms with Gasteiger partial charge >= 0.3 is 0 Å². The lowest BCUT2D eigenvalue weighted by molar-refractivity contribution is 0.492. The maximum Gasteiger partial charge on any atom is 0.176 e. The molecule has 87 valence electrons. The summed E-state index contributed by atoms with van der Waals surface area (Å²) in [4.78, 5) is -0.0741. The summed E-state index contributed by atoms with van der Waals surface area (Å²) < 4.78 is 24.4. The molecule has 0 atom stereocenters. The van der Waals surface area contributed by atoms with Crippen molar-refractivity contribution in [3.8, 4) is 0 Å². The molecule has 1 rings (SSSR count). The molecule has 0 aromatic heterocycles. The van der Waals surface area contributed by atoms with Crippen LogP contribution in [0.2, 0.25) is 0 Å². The Kier molecular flexibility index (Phi) is 25.7. The lowest BCUT2D eigenvalue weighted by atomic mass is 10.3. The summed E-state index contributed by atoms with van der Waals surface area (Å²) in [6.07, 6.45) is 0. The van der Waals surface area contributed by atoms with Gasteiger partial charge in [0.1, 0.15) is 0 Å². The number of rotatable bonds is 0. The van der Waals surface area contributed by atoms with E-state index in [2.05, 4.69) is 12.6 Å². The average molecular weight is 262 g/mol. The molecule has 0 spiro atoms. The number of benzene rings is 1. The van der Waals surface area contributed by atoms with Gasteiger partial charge in [0.25, 0.3) is 0 Å². The fraction of sp³-hybridized carbons (Fsp3) is 0. The third-order valence-electron chi connectivity index (χ3n) is 0.916. The highest BCUT2D eigenvalue weighted by Gasteiger charge is 2.02. The molecule has 0 aliphatic carbocycles. The van der Waals surface area contributed by atoms with Crippen molar-refractivity contribution in [2.24, 2.45) is 0 Å². The van der Waals surface area contributed by atoms with E-state index in [1.54, 1.807) is 0 Å². The van der Waals surface area contributed by atoms with Gasteiger partial charge in [-0.25, -0.2) is 8.78 Å². The Morgan fingerprint density at radius 1 is 0.929 bits per heavy atom. The standard InChI is InChI=1S/C6H3F2S.ClH.4FH/c7-4-2-1-3-5(9)6(4)8;;;;;/h1-3H;5*1H. The first-order chi connectivity index (χ1) is 4.22. The summed E-state index contributed by atoms with van der Waals surface area (Å²) in [5.41, 5.74) is 0. The zero-order valence-corrected chi connectivity index (χ0v) is 8.07. The van der Waals surface area contributed by atoms with Crippen molar-refractivity contribution < 1.29 is 27.6 Å². The van der Waals surface area contributed by atoms with Crippen molar-refractivity contribution in [1.29, 1.82) is 0 Å². The summed E-state index contributed by atoms with van der Waals surface area (Å²) in [6.45, 7) is 0. The fourth-order valence-corrected chi connectivity index (χ4v) is 0.660. The Morgan fingerprint density at radius 3 is 1.64 bits per heavy atom. The molecule has 0 fully saturated rings. The zero-order chi connectivity index (χ0) is 6.85. The Labute approximate surface area is 88.0 Å². The molecule has 1 aromatic rings. The molecule has 1 radical (unpaired) electrons. The number of hydrogen-bond donors (Lipinski definition) is 0. The molecule has 0 aliphatic heterocycles. The highest BCUT2D eigenvalue weighted by Crippen LogP contribution is 2.13. The fourth-order valence-electron chi connectivity index (χ4n) is 0.484. The molecule has 0 bridgehead atoms. The van der Waals surface area contributed by atoms with E-state index in [4.69, 9.17) is 0 Å². The van der Waals surface area contributed by atoms with Gasteiger partial charge in [0.15, 0.2) is 11.6 Å².